The van der Waals surface area contributed by atoms with E-state index in [-0.39, 0.29) is 24.0 Å². The number of nitrogens with two attached hydrogens (primary N) is 1. The second-order valence-electron chi connectivity index (χ2n) is 4.01. The second-order valence-corrected chi connectivity index (χ2v) is 5.23. The molecule has 0 saturated carbocycles. The van der Waals surface area contributed by atoms with Crippen molar-refractivity contribution in [1.29, 1.82) is 0 Å². The summed E-state index contributed by atoms with van der Waals surface area (Å²) in [6.07, 6.45) is 3.78. The van der Waals surface area contributed by atoms with E-state index in [0.29, 0.717) is 12.5 Å². The highest BCUT2D eigenvalue weighted by Crippen LogP contribution is 2.08. The normalized spacial score (nSPS) is 16.5. The van der Waals surface area contributed by atoms with Crippen LogP contribution in [-0.2, 0) is 6.54 Å². The van der Waals surface area contributed by atoms with E-state index in [1.165, 1.54) is 0 Å². The molecule has 2 rings (SSSR count). The third kappa shape index (κ3) is 4.34. The van der Waals surface area contributed by atoms with Crippen LogP contribution >= 0.6 is 35.7 Å². The van der Waals surface area contributed by atoms with Crippen molar-refractivity contribution in [2.24, 2.45) is 10.7 Å². The van der Waals surface area contributed by atoms with Gasteiger partial charge in [0.1, 0.15) is 5.82 Å². The molecule has 0 radical (unpaired) electrons. The number of thioether (sulfide) groups is 1. The van der Waals surface area contributed by atoms with Crippen molar-refractivity contribution in [3.05, 3.63) is 18.2 Å². The van der Waals surface area contributed by atoms with Gasteiger partial charge in [-0.15, -0.1) is 24.0 Å². The standard InChI is InChI=1S/C11H19N5S.HI/c1-10-13-2-4-15(10)5-3-14-11(12)16-6-8-17-9-7-16;/h2,4H,3,5-9H2,1H3,(H2,12,14);1H. The fraction of sp³-hybridized carbons (Fsp3) is 0.636. The smallest absolute Gasteiger partial charge is 0.191 e. The molecule has 1 fully saturated rings. The lowest BCUT2D eigenvalue weighted by molar-refractivity contribution is 0.455. The van der Waals surface area contributed by atoms with Gasteiger partial charge in [0.2, 0.25) is 0 Å². The third-order valence-electron chi connectivity index (χ3n) is 2.87. The van der Waals surface area contributed by atoms with Crippen LogP contribution in [0, 0.1) is 6.92 Å². The highest BCUT2D eigenvalue weighted by Gasteiger charge is 2.11. The Bertz CT molecular complexity index is 387. The van der Waals surface area contributed by atoms with Gasteiger partial charge in [0, 0.05) is 43.5 Å². The van der Waals surface area contributed by atoms with Crippen LogP contribution in [0.15, 0.2) is 17.4 Å². The quantitative estimate of drug-likeness (QED) is 0.485. The number of halogens is 1. The Hall–Kier alpha value is -0.440. The summed E-state index contributed by atoms with van der Waals surface area (Å²) in [5.41, 5.74) is 5.97. The molecule has 1 aromatic rings. The Labute approximate surface area is 129 Å². The first-order valence-electron chi connectivity index (χ1n) is 5.88. The maximum absolute atomic E-state index is 5.97. The minimum absolute atomic E-state index is 0. The molecule has 2 heterocycles. The summed E-state index contributed by atoms with van der Waals surface area (Å²) >= 11 is 1.98. The Morgan fingerprint density at radius 3 is 2.83 bits per heavy atom. The molecule has 1 aliphatic heterocycles. The first-order valence-corrected chi connectivity index (χ1v) is 7.03. The van der Waals surface area contributed by atoms with Crippen LogP contribution in [0.5, 0.6) is 0 Å². The van der Waals surface area contributed by atoms with E-state index in [0.717, 1.165) is 37.0 Å². The molecule has 0 unspecified atom stereocenters. The van der Waals surface area contributed by atoms with E-state index in [1.54, 1.807) is 0 Å². The molecule has 2 N–H and O–H groups in total. The summed E-state index contributed by atoms with van der Waals surface area (Å²) in [5, 5.41) is 0. The van der Waals surface area contributed by atoms with Gasteiger partial charge in [-0.2, -0.15) is 11.8 Å². The zero-order valence-corrected chi connectivity index (χ0v) is 13.7. The average molecular weight is 381 g/mol. The van der Waals surface area contributed by atoms with Crippen LogP contribution < -0.4 is 5.73 Å². The molecular formula is C11H20IN5S. The van der Waals surface area contributed by atoms with Gasteiger partial charge in [0.15, 0.2) is 5.96 Å². The lowest BCUT2D eigenvalue weighted by Crippen LogP contribution is -2.42. The Balaban J connectivity index is 0.00000162. The summed E-state index contributed by atoms with van der Waals surface area (Å²) < 4.78 is 2.09. The van der Waals surface area contributed by atoms with Gasteiger partial charge in [0.05, 0.1) is 6.54 Å². The lowest BCUT2D eigenvalue weighted by Gasteiger charge is -2.27. The van der Waals surface area contributed by atoms with Gasteiger partial charge in [-0.1, -0.05) is 0 Å². The second kappa shape index (κ2) is 7.88. The molecule has 18 heavy (non-hydrogen) atoms. The van der Waals surface area contributed by atoms with Gasteiger partial charge in [-0.25, -0.2) is 4.98 Å². The minimum atomic E-state index is 0. The fourth-order valence-electron chi connectivity index (χ4n) is 1.80. The maximum atomic E-state index is 5.97. The van der Waals surface area contributed by atoms with Crippen LogP contribution in [0.1, 0.15) is 5.82 Å². The summed E-state index contributed by atoms with van der Waals surface area (Å²) in [7, 11) is 0. The van der Waals surface area contributed by atoms with Gasteiger partial charge in [-0.05, 0) is 6.92 Å². The molecule has 7 heteroatoms. The van der Waals surface area contributed by atoms with Gasteiger partial charge in [0.25, 0.3) is 0 Å². The SMILES string of the molecule is Cc1nccn1CCN=C(N)N1CCSCC1.I. The molecule has 1 saturated heterocycles. The molecular weight excluding hydrogens is 361 g/mol. The number of rotatable bonds is 3. The molecule has 102 valence electrons. The van der Waals surface area contributed by atoms with Crippen LogP contribution in [-0.4, -0.2) is 51.6 Å². The number of hydrogen-bond acceptors (Lipinski definition) is 3. The molecule has 0 atom stereocenters. The molecule has 1 aliphatic rings. The van der Waals surface area contributed by atoms with Gasteiger partial charge >= 0.3 is 0 Å². The summed E-state index contributed by atoms with van der Waals surface area (Å²) in [4.78, 5) is 10.8. The third-order valence-corrected chi connectivity index (χ3v) is 3.82. The molecule has 0 amide bonds. The van der Waals surface area contributed by atoms with E-state index in [4.69, 9.17) is 5.73 Å². The number of aryl methyl sites for hydroxylation is 1. The van der Waals surface area contributed by atoms with Crippen LogP contribution in [0.25, 0.3) is 0 Å². The van der Waals surface area contributed by atoms with Crippen molar-refractivity contribution in [2.75, 3.05) is 31.1 Å². The van der Waals surface area contributed by atoms with Crippen molar-refractivity contribution >= 4 is 41.7 Å². The van der Waals surface area contributed by atoms with Crippen molar-refractivity contribution in [1.82, 2.24) is 14.5 Å². The minimum Gasteiger partial charge on any atom is -0.370 e. The molecule has 5 nitrogen and oxygen atoms in total. The number of hydrogen-bond donors (Lipinski definition) is 1. The number of guanidine groups is 1. The maximum Gasteiger partial charge on any atom is 0.191 e. The first kappa shape index (κ1) is 15.6. The van der Waals surface area contributed by atoms with Crippen molar-refractivity contribution < 1.29 is 0 Å². The van der Waals surface area contributed by atoms with Crippen LogP contribution in [0.3, 0.4) is 0 Å². The number of aliphatic imine (C=N–C) groups is 1. The average Bonchev–Trinajstić information content (AvgIpc) is 2.76. The monoisotopic (exact) mass is 381 g/mol. The van der Waals surface area contributed by atoms with E-state index in [9.17, 15) is 0 Å². The molecule has 0 bridgehead atoms. The highest BCUT2D eigenvalue weighted by molar-refractivity contribution is 14.0. The predicted octanol–water partition coefficient (Wildman–Crippen LogP) is 1.17. The zero-order chi connectivity index (χ0) is 12.1. The number of aromatic nitrogens is 2. The van der Waals surface area contributed by atoms with E-state index < -0.39 is 0 Å². The topological polar surface area (TPSA) is 59.4 Å². The van der Waals surface area contributed by atoms with Crippen molar-refractivity contribution in [2.45, 2.75) is 13.5 Å². The van der Waals surface area contributed by atoms with E-state index in [1.807, 2.05) is 31.1 Å². The number of imidazole rings is 1. The molecule has 1 aromatic heterocycles. The largest absolute Gasteiger partial charge is 0.370 e. The van der Waals surface area contributed by atoms with E-state index >= 15 is 0 Å². The summed E-state index contributed by atoms with van der Waals surface area (Å²) in [5.74, 6) is 4.00. The Morgan fingerprint density at radius 2 is 2.22 bits per heavy atom. The fourth-order valence-corrected chi connectivity index (χ4v) is 2.71. The first-order chi connectivity index (χ1) is 8.27. The summed E-state index contributed by atoms with van der Waals surface area (Å²) in [6, 6.07) is 0. The summed E-state index contributed by atoms with van der Waals surface area (Å²) in [6.45, 7) is 5.59. The van der Waals surface area contributed by atoms with Gasteiger partial charge < -0.3 is 15.2 Å². The predicted molar refractivity (Wildman–Crippen MR) is 87.8 cm³/mol. The van der Waals surface area contributed by atoms with Crippen molar-refractivity contribution in [3.63, 3.8) is 0 Å². The zero-order valence-electron chi connectivity index (χ0n) is 10.6. The van der Waals surface area contributed by atoms with Crippen LogP contribution in [0.2, 0.25) is 0 Å². The lowest BCUT2D eigenvalue weighted by atomic mass is 10.5. The molecule has 0 spiro atoms. The molecule has 0 aromatic carbocycles. The molecule has 0 aliphatic carbocycles. The Kier molecular flexibility index (Phi) is 6.83. The van der Waals surface area contributed by atoms with E-state index in [2.05, 4.69) is 19.4 Å². The van der Waals surface area contributed by atoms with Crippen LogP contribution in [0.4, 0.5) is 0 Å². The number of nitrogens with zero attached hydrogens (tertiary/aromatic N) is 4. The van der Waals surface area contributed by atoms with Crippen molar-refractivity contribution in [3.8, 4) is 0 Å². The van der Waals surface area contributed by atoms with Gasteiger partial charge in [-0.3, -0.25) is 4.99 Å². The Morgan fingerprint density at radius 1 is 1.50 bits per heavy atom. The highest BCUT2D eigenvalue weighted by atomic mass is 127.